The van der Waals surface area contributed by atoms with Crippen molar-refractivity contribution >= 4 is 27.8 Å². The second-order valence-electron chi connectivity index (χ2n) is 4.60. The van der Waals surface area contributed by atoms with Crippen molar-refractivity contribution < 1.29 is 14.3 Å². The quantitative estimate of drug-likeness (QED) is 0.799. The molecule has 2 rings (SSSR count). The maximum atomic E-state index is 12.4. The first-order valence-corrected chi connectivity index (χ1v) is 7.02. The molecule has 0 atom stereocenters. The maximum Gasteiger partial charge on any atom is 0.332 e. The summed E-state index contributed by atoms with van der Waals surface area (Å²) in [5.41, 5.74) is -0.205. The molecule has 1 saturated carbocycles. The van der Waals surface area contributed by atoms with Gasteiger partial charge >= 0.3 is 5.97 Å². The molecule has 102 valence electrons. The highest BCUT2D eigenvalue weighted by Gasteiger charge is 2.56. The Morgan fingerprint density at radius 2 is 2.00 bits per heavy atom. The SMILES string of the molecule is CCOC(=O)C1(N(C)C(=O)c2ccccc2Br)CC1. The zero-order chi connectivity index (χ0) is 14.0. The number of hydrogen-bond donors (Lipinski definition) is 0. The molecular weight excluding hydrogens is 310 g/mol. The first-order chi connectivity index (χ1) is 9.03. The monoisotopic (exact) mass is 325 g/mol. The smallest absolute Gasteiger partial charge is 0.332 e. The number of carbonyl (C=O) groups is 2. The lowest BCUT2D eigenvalue weighted by atomic mass is 10.1. The van der Waals surface area contributed by atoms with Gasteiger partial charge in [0.2, 0.25) is 0 Å². The minimum Gasteiger partial charge on any atom is -0.464 e. The van der Waals surface area contributed by atoms with Crippen molar-refractivity contribution in [1.82, 2.24) is 4.90 Å². The highest BCUT2D eigenvalue weighted by molar-refractivity contribution is 9.10. The molecule has 4 nitrogen and oxygen atoms in total. The molecule has 0 heterocycles. The zero-order valence-electron chi connectivity index (χ0n) is 11.0. The number of halogens is 1. The molecule has 0 aromatic heterocycles. The molecule has 0 radical (unpaired) electrons. The number of carbonyl (C=O) groups excluding carboxylic acids is 2. The van der Waals surface area contributed by atoms with Crippen molar-refractivity contribution in [2.45, 2.75) is 25.3 Å². The molecule has 0 saturated heterocycles. The Morgan fingerprint density at radius 3 is 2.53 bits per heavy atom. The average Bonchev–Trinajstić information content (AvgIpc) is 3.19. The van der Waals surface area contributed by atoms with Crippen LogP contribution in [0.15, 0.2) is 28.7 Å². The Hall–Kier alpha value is -1.36. The normalized spacial score (nSPS) is 15.7. The average molecular weight is 326 g/mol. The molecule has 19 heavy (non-hydrogen) atoms. The highest BCUT2D eigenvalue weighted by Crippen LogP contribution is 2.43. The molecule has 1 aliphatic carbocycles. The van der Waals surface area contributed by atoms with Crippen LogP contribution in [-0.2, 0) is 9.53 Å². The van der Waals surface area contributed by atoms with E-state index in [1.165, 1.54) is 4.90 Å². The Balaban J connectivity index is 2.21. The summed E-state index contributed by atoms with van der Waals surface area (Å²) in [4.78, 5) is 25.9. The van der Waals surface area contributed by atoms with Gasteiger partial charge in [-0.3, -0.25) is 4.79 Å². The summed E-state index contributed by atoms with van der Waals surface area (Å²) in [6, 6.07) is 7.20. The summed E-state index contributed by atoms with van der Waals surface area (Å²) >= 11 is 3.36. The van der Waals surface area contributed by atoms with Gasteiger partial charge in [-0.25, -0.2) is 4.79 Å². The van der Waals surface area contributed by atoms with Gasteiger partial charge in [-0.15, -0.1) is 0 Å². The zero-order valence-corrected chi connectivity index (χ0v) is 12.6. The molecule has 1 amide bonds. The van der Waals surface area contributed by atoms with Crippen molar-refractivity contribution in [1.29, 1.82) is 0 Å². The van der Waals surface area contributed by atoms with Crippen molar-refractivity contribution in [2.24, 2.45) is 0 Å². The first kappa shape index (κ1) is 14.1. The fourth-order valence-electron chi connectivity index (χ4n) is 2.07. The third-order valence-corrected chi connectivity index (χ3v) is 4.12. The first-order valence-electron chi connectivity index (χ1n) is 6.23. The van der Waals surface area contributed by atoms with Crippen molar-refractivity contribution in [2.75, 3.05) is 13.7 Å². The van der Waals surface area contributed by atoms with Crippen molar-refractivity contribution in [3.63, 3.8) is 0 Å². The number of hydrogen-bond acceptors (Lipinski definition) is 3. The van der Waals surface area contributed by atoms with E-state index < -0.39 is 5.54 Å². The summed E-state index contributed by atoms with van der Waals surface area (Å²) in [5.74, 6) is -0.476. The predicted octanol–water partition coefficient (Wildman–Crippen LogP) is 2.62. The minimum absolute atomic E-state index is 0.168. The second kappa shape index (κ2) is 5.33. The van der Waals surface area contributed by atoms with Crippen LogP contribution in [-0.4, -0.2) is 36.0 Å². The highest BCUT2D eigenvalue weighted by atomic mass is 79.9. The lowest BCUT2D eigenvalue weighted by molar-refractivity contribution is -0.149. The fourth-order valence-corrected chi connectivity index (χ4v) is 2.52. The van der Waals surface area contributed by atoms with Crippen LogP contribution in [0.3, 0.4) is 0 Å². The van der Waals surface area contributed by atoms with E-state index in [0.717, 1.165) is 4.47 Å². The summed E-state index contributed by atoms with van der Waals surface area (Å²) in [6.45, 7) is 2.10. The van der Waals surface area contributed by atoms with Gasteiger partial charge in [0.25, 0.3) is 5.91 Å². The van der Waals surface area contributed by atoms with Gasteiger partial charge in [0.1, 0.15) is 5.54 Å². The Bertz CT molecular complexity index is 511. The molecule has 0 N–H and O–H groups in total. The van der Waals surface area contributed by atoms with Gasteiger partial charge in [0, 0.05) is 11.5 Å². The van der Waals surface area contributed by atoms with E-state index >= 15 is 0 Å². The molecule has 1 aromatic carbocycles. The fraction of sp³-hybridized carbons (Fsp3) is 0.429. The van der Waals surface area contributed by atoms with E-state index in [1.807, 2.05) is 12.1 Å². The molecule has 1 fully saturated rings. The van der Waals surface area contributed by atoms with Gasteiger partial charge < -0.3 is 9.64 Å². The third kappa shape index (κ3) is 2.52. The number of esters is 1. The van der Waals surface area contributed by atoms with Gasteiger partial charge in [0.15, 0.2) is 0 Å². The number of ether oxygens (including phenoxy) is 1. The summed E-state index contributed by atoms with van der Waals surface area (Å²) in [6.07, 6.45) is 1.33. The molecule has 0 unspecified atom stereocenters. The molecule has 0 bridgehead atoms. The van der Waals surface area contributed by atoms with E-state index in [-0.39, 0.29) is 11.9 Å². The summed E-state index contributed by atoms with van der Waals surface area (Å²) < 4.78 is 5.79. The topological polar surface area (TPSA) is 46.6 Å². The van der Waals surface area contributed by atoms with Crippen LogP contribution in [0.1, 0.15) is 30.1 Å². The van der Waals surface area contributed by atoms with Crippen LogP contribution in [0.2, 0.25) is 0 Å². The maximum absolute atomic E-state index is 12.4. The van der Waals surface area contributed by atoms with E-state index in [2.05, 4.69) is 15.9 Å². The van der Waals surface area contributed by atoms with Crippen LogP contribution in [0, 0.1) is 0 Å². The lowest BCUT2D eigenvalue weighted by Gasteiger charge is -2.26. The molecule has 1 aliphatic rings. The lowest BCUT2D eigenvalue weighted by Crippen LogP contribution is -2.45. The number of amides is 1. The second-order valence-corrected chi connectivity index (χ2v) is 5.45. The molecule has 5 heteroatoms. The summed E-state index contributed by atoms with van der Waals surface area (Å²) in [5, 5.41) is 0. The molecular formula is C14H16BrNO3. The van der Waals surface area contributed by atoms with Crippen LogP contribution in [0.4, 0.5) is 0 Å². The predicted molar refractivity (Wildman–Crippen MR) is 74.8 cm³/mol. The number of benzene rings is 1. The van der Waals surface area contributed by atoms with Gasteiger partial charge in [-0.05, 0) is 47.8 Å². The van der Waals surface area contributed by atoms with Crippen LogP contribution >= 0.6 is 15.9 Å². The van der Waals surface area contributed by atoms with Crippen LogP contribution in [0.25, 0.3) is 0 Å². The van der Waals surface area contributed by atoms with E-state index in [4.69, 9.17) is 4.74 Å². The number of nitrogens with zero attached hydrogens (tertiary/aromatic N) is 1. The molecule has 0 aliphatic heterocycles. The van der Waals surface area contributed by atoms with Crippen LogP contribution < -0.4 is 0 Å². The van der Waals surface area contributed by atoms with E-state index in [0.29, 0.717) is 25.0 Å². The Kier molecular flexibility index (Phi) is 3.94. The molecule has 1 aromatic rings. The van der Waals surface area contributed by atoms with Gasteiger partial charge in [-0.1, -0.05) is 12.1 Å². The number of likely N-dealkylation sites (N-methyl/N-ethyl adjacent to an activating group) is 1. The van der Waals surface area contributed by atoms with Gasteiger partial charge in [0.05, 0.1) is 12.2 Å². The van der Waals surface area contributed by atoms with Crippen LogP contribution in [0.5, 0.6) is 0 Å². The number of rotatable bonds is 4. The molecule has 0 spiro atoms. The Morgan fingerprint density at radius 1 is 1.37 bits per heavy atom. The van der Waals surface area contributed by atoms with Crippen molar-refractivity contribution in [3.8, 4) is 0 Å². The van der Waals surface area contributed by atoms with E-state index in [1.54, 1.807) is 26.1 Å². The largest absolute Gasteiger partial charge is 0.464 e. The third-order valence-electron chi connectivity index (χ3n) is 3.43. The summed E-state index contributed by atoms with van der Waals surface area (Å²) in [7, 11) is 1.66. The van der Waals surface area contributed by atoms with Gasteiger partial charge in [-0.2, -0.15) is 0 Å². The minimum atomic E-state index is -0.762. The van der Waals surface area contributed by atoms with E-state index in [9.17, 15) is 9.59 Å². The standard InChI is InChI=1S/C14H16BrNO3/c1-3-19-13(18)14(8-9-14)16(2)12(17)10-6-4-5-7-11(10)15/h4-7H,3,8-9H2,1-2H3. The van der Waals surface area contributed by atoms with Crippen molar-refractivity contribution in [3.05, 3.63) is 34.3 Å². The Labute approximate surface area is 120 Å².